The number of aromatic amines is 3. The third-order valence-corrected chi connectivity index (χ3v) is 5.91. The van der Waals surface area contributed by atoms with Gasteiger partial charge in [-0.3, -0.25) is 9.59 Å². The molecule has 2 amide bonds. The maximum atomic E-state index is 13.2. The maximum absolute atomic E-state index is 13.2. The first kappa shape index (κ1) is 21.8. The largest absolute Gasteiger partial charge is 0.351 e. The minimum Gasteiger partial charge on any atom is -0.351 e. The van der Waals surface area contributed by atoms with Crippen LogP contribution < -0.4 is 10.6 Å². The lowest BCUT2D eigenvalue weighted by atomic mass is 10.1. The molecular weight excluding hydrogens is 470 g/mol. The van der Waals surface area contributed by atoms with Crippen molar-refractivity contribution < 1.29 is 9.59 Å². The van der Waals surface area contributed by atoms with Crippen LogP contribution in [0.2, 0.25) is 0 Å². The summed E-state index contributed by atoms with van der Waals surface area (Å²) in [6.07, 6.45) is 0. The molecule has 0 fully saturated rings. The van der Waals surface area contributed by atoms with Gasteiger partial charge < -0.3 is 20.6 Å². The molecule has 3 aromatic heterocycles. The number of para-hydroxylation sites is 2. The van der Waals surface area contributed by atoms with Gasteiger partial charge in [0.25, 0.3) is 11.8 Å². The first-order valence-electron chi connectivity index (χ1n) is 11.2. The molecular formula is C26H17N9O2. The average molecular weight is 487 g/mol. The zero-order chi connectivity index (χ0) is 25.4. The van der Waals surface area contributed by atoms with Crippen LogP contribution in [0.25, 0.3) is 33.2 Å². The molecule has 0 aliphatic heterocycles. The predicted octanol–water partition coefficient (Wildman–Crippen LogP) is 4.21. The van der Waals surface area contributed by atoms with E-state index in [0.717, 1.165) is 16.3 Å². The van der Waals surface area contributed by atoms with Crippen LogP contribution in [0.5, 0.6) is 0 Å². The Balaban J connectivity index is 1.28. The number of nitriles is 1. The van der Waals surface area contributed by atoms with Crippen molar-refractivity contribution in [2.45, 2.75) is 0 Å². The lowest BCUT2D eigenvalue weighted by molar-refractivity contribution is 0.101. The number of anilines is 2. The molecule has 11 nitrogen and oxygen atoms in total. The van der Waals surface area contributed by atoms with Crippen molar-refractivity contribution in [1.82, 2.24) is 30.6 Å². The van der Waals surface area contributed by atoms with Crippen molar-refractivity contribution in [2.24, 2.45) is 0 Å². The van der Waals surface area contributed by atoms with Gasteiger partial charge in [0, 0.05) is 21.9 Å². The van der Waals surface area contributed by atoms with E-state index in [0.29, 0.717) is 33.7 Å². The third-order valence-electron chi connectivity index (χ3n) is 5.91. The van der Waals surface area contributed by atoms with Crippen LogP contribution in [0.15, 0.2) is 72.8 Å². The van der Waals surface area contributed by atoms with Crippen molar-refractivity contribution in [1.29, 1.82) is 5.26 Å². The molecule has 3 heterocycles. The number of tetrazole rings is 1. The van der Waals surface area contributed by atoms with Gasteiger partial charge in [0.1, 0.15) is 11.4 Å². The van der Waals surface area contributed by atoms with Crippen LogP contribution in [-0.2, 0) is 0 Å². The summed E-state index contributed by atoms with van der Waals surface area (Å²) in [6, 6.07) is 23.3. The molecule has 11 heteroatoms. The van der Waals surface area contributed by atoms with Gasteiger partial charge in [-0.05, 0) is 47.7 Å². The van der Waals surface area contributed by atoms with Crippen molar-refractivity contribution in [3.05, 3.63) is 89.7 Å². The highest BCUT2D eigenvalue weighted by Crippen LogP contribution is 2.28. The standard InChI is InChI=1S/C26H17N9O2/c27-13-14-8-9-19(17(10-14)24-32-34-35-33-24)30-26(37)22-12-16-5-3-7-20(23(16)29-22)31-25(36)21-11-15-4-1-2-6-18(15)28-21/h1-12,28-29H,(H,30,37)(H,31,36)(H,32,33,34,35). The fraction of sp³-hybridized carbons (Fsp3) is 0. The minimum atomic E-state index is -0.418. The number of carbonyl (C=O) groups excluding carboxylic acids is 2. The highest BCUT2D eigenvalue weighted by molar-refractivity contribution is 6.12. The molecule has 3 aromatic carbocycles. The van der Waals surface area contributed by atoms with Crippen LogP contribution in [-0.4, -0.2) is 42.4 Å². The summed E-state index contributed by atoms with van der Waals surface area (Å²) in [7, 11) is 0. The fourth-order valence-electron chi connectivity index (χ4n) is 4.14. The summed E-state index contributed by atoms with van der Waals surface area (Å²) in [5.74, 6) is -0.476. The van der Waals surface area contributed by atoms with Gasteiger partial charge in [0.15, 0.2) is 0 Å². The monoisotopic (exact) mass is 487 g/mol. The van der Waals surface area contributed by atoms with E-state index in [-0.39, 0.29) is 17.4 Å². The second-order valence-corrected chi connectivity index (χ2v) is 8.24. The molecule has 6 rings (SSSR count). The molecule has 0 spiro atoms. The topological polar surface area (TPSA) is 168 Å². The summed E-state index contributed by atoms with van der Waals surface area (Å²) in [5, 5.41) is 30.5. The SMILES string of the molecule is N#Cc1ccc(NC(=O)c2cc3cccc(NC(=O)c4cc5ccccc5[nH]4)c3[nH]2)c(-c2nn[nH]n2)c1. The molecule has 0 atom stereocenters. The highest BCUT2D eigenvalue weighted by atomic mass is 16.2. The number of nitrogens with zero attached hydrogens (tertiary/aromatic N) is 4. The fourth-order valence-corrected chi connectivity index (χ4v) is 4.14. The smallest absolute Gasteiger partial charge is 0.272 e. The Bertz CT molecular complexity index is 1810. The summed E-state index contributed by atoms with van der Waals surface area (Å²) in [4.78, 5) is 32.3. The molecule has 6 aromatic rings. The normalized spacial score (nSPS) is 10.9. The Morgan fingerprint density at radius 3 is 2.35 bits per heavy atom. The second-order valence-electron chi connectivity index (χ2n) is 8.24. The van der Waals surface area contributed by atoms with E-state index in [1.807, 2.05) is 30.3 Å². The number of nitrogens with one attached hydrogen (secondary N) is 5. The Hall–Kier alpha value is -5.76. The Morgan fingerprint density at radius 1 is 0.811 bits per heavy atom. The van der Waals surface area contributed by atoms with E-state index < -0.39 is 5.91 Å². The summed E-state index contributed by atoms with van der Waals surface area (Å²) < 4.78 is 0. The van der Waals surface area contributed by atoms with Crippen LogP contribution in [0.4, 0.5) is 11.4 Å². The first-order valence-corrected chi connectivity index (χ1v) is 11.2. The maximum Gasteiger partial charge on any atom is 0.272 e. The number of hydrogen-bond acceptors (Lipinski definition) is 6. The van der Waals surface area contributed by atoms with Gasteiger partial charge in [-0.15, -0.1) is 10.2 Å². The number of fused-ring (bicyclic) bond motifs is 2. The van der Waals surface area contributed by atoms with E-state index in [1.165, 1.54) is 0 Å². The number of carbonyl (C=O) groups is 2. The van der Waals surface area contributed by atoms with Crippen LogP contribution in [0.1, 0.15) is 26.5 Å². The van der Waals surface area contributed by atoms with Gasteiger partial charge in [-0.2, -0.15) is 10.5 Å². The zero-order valence-corrected chi connectivity index (χ0v) is 19.0. The van der Waals surface area contributed by atoms with Crippen molar-refractivity contribution in [3.8, 4) is 17.5 Å². The number of rotatable bonds is 5. The van der Waals surface area contributed by atoms with Crippen molar-refractivity contribution >= 4 is 45.0 Å². The molecule has 0 saturated heterocycles. The lowest BCUT2D eigenvalue weighted by Gasteiger charge is -2.08. The van der Waals surface area contributed by atoms with Crippen molar-refractivity contribution in [3.63, 3.8) is 0 Å². The molecule has 178 valence electrons. The van der Waals surface area contributed by atoms with Crippen LogP contribution in [0.3, 0.4) is 0 Å². The molecule has 0 radical (unpaired) electrons. The molecule has 0 saturated carbocycles. The average Bonchev–Trinajstić information content (AvgIpc) is 3.68. The number of benzene rings is 3. The Kier molecular flexibility index (Phi) is 5.17. The quantitative estimate of drug-likeness (QED) is 0.244. The highest BCUT2D eigenvalue weighted by Gasteiger charge is 2.18. The lowest BCUT2D eigenvalue weighted by Crippen LogP contribution is -2.14. The van der Waals surface area contributed by atoms with Gasteiger partial charge in [0.2, 0.25) is 5.82 Å². The van der Waals surface area contributed by atoms with E-state index in [2.05, 4.69) is 47.3 Å². The van der Waals surface area contributed by atoms with Crippen LogP contribution in [0, 0.1) is 11.3 Å². The third kappa shape index (κ3) is 4.04. The molecule has 0 bridgehead atoms. The van der Waals surface area contributed by atoms with Gasteiger partial charge >= 0.3 is 0 Å². The summed E-state index contributed by atoms with van der Waals surface area (Å²) >= 11 is 0. The van der Waals surface area contributed by atoms with E-state index >= 15 is 0 Å². The number of aromatic nitrogens is 6. The zero-order valence-electron chi connectivity index (χ0n) is 19.0. The minimum absolute atomic E-state index is 0.242. The molecule has 5 N–H and O–H groups in total. The van der Waals surface area contributed by atoms with Gasteiger partial charge in [-0.1, -0.05) is 30.3 Å². The molecule has 0 aliphatic carbocycles. The second kappa shape index (κ2) is 8.79. The van der Waals surface area contributed by atoms with Gasteiger partial charge in [-0.25, -0.2) is 0 Å². The van der Waals surface area contributed by atoms with E-state index in [1.54, 1.807) is 42.5 Å². The molecule has 37 heavy (non-hydrogen) atoms. The predicted molar refractivity (Wildman–Crippen MR) is 137 cm³/mol. The van der Waals surface area contributed by atoms with Gasteiger partial charge in [0.05, 0.1) is 28.5 Å². The summed E-state index contributed by atoms with van der Waals surface area (Å²) in [5.41, 5.74) is 3.97. The number of amides is 2. The molecule has 0 aliphatic rings. The molecule has 0 unspecified atom stereocenters. The number of H-pyrrole nitrogens is 3. The van der Waals surface area contributed by atoms with Crippen molar-refractivity contribution in [2.75, 3.05) is 10.6 Å². The van der Waals surface area contributed by atoms with Crippen LogP contribution >= 0.6 is 0 Å². The first-order chi connectivity index (χ1) is 18.1. The Labute approximate surface area is 208 Å². The van der Waals surface area contributed by atoms with E-state index in [4.69, 9.17) is 0 Å². The summed E-state index contributed by atoms with van der Waals surface area (Å²) in [6.45, 7) is 0. The van der Waals surface area contributed by atoms with E-state index in [9.17, 15) is 14.9 Å². The Morgan fingerprint density at radius 2 is 1.57 bits per heavy atom. The number of hydrogen-bond donors (Lipinski definition) is 5.